The molecule has 3 heteroatoms. The molecule has 0 amide bonds. The van der Waals surface area contributed by atoms with Crippen molar-refractivity contribution in [2.45, 2.75) is 12.1 Å². The number of nitrogens with one attached hydrogen (secondary N) is 3. The molecule has 0 aliphatic carbocycles. The van der Waals surface area contributed by atoms with Gasteiger partial charge >= 0.3 is 0 Å². The Morgan fingerprint density at radius 1 is 1.11 bits per heavy atom. The summed E-state index contributed by atoms with van der Waals surface area (Å²) in [5.74, 6) is 0. The molecule has 0 aromatic rings. The Hall–Kier alpha value is -0.120. The number of rotatable bonds is 2. The maximum absolute atomic E-state index is 3.30. The third kappa shape index (κ3) is 1.41. The van der Waals surface area contributed by atoms with Gasteiger partial charge in [-0.25, -0.2) is 0 Å². The van der Waals surface area contributed by atoms with Crippen molar-refractivity contribution in [3.05, 3.63) is 0 Å². The molecule has 3 nitrogen and oxygen atoms in total. The first-order chi connectivity index (χ1) is 4.38. The van der Waals surface area contributed by atoms with E-state index in [1.54, 1.807) is 0 Å². The Balaban J connectivity index is 2.32. The number of hydrogen-bond donors (Lipinski definition) is 3. The highest BCUT2D eigenvalue weighted by Crippen LogP contribution is 1.96. The molecular weight excluding hydrogens is 114 g/mol. The van der Waals surface area contributed by atoms with Crippen LogP contribution in [-0.4, -0.2) is 39.3 Å². The van der Waals surface area contributed by atoms with E-state index < -0.39 is 0 Å². The van der Waals surface area contributed by atoms with Gasteiger partial charge < -0.3 is 16.0 Å². The minimum atomic E-state index is 0.606. The average Bonchev–Trinajstić information content (AvgIpc) is 2.33. The van der Waals surface area contributed by atoms with E-state index in [-0.39, 0.29) is 0 Å². The summed E-state index contributed by atoms with van der Waals surface area (Å²) < 4.78 is 0. The quantitative estimate of drug-likeness (QED) is 0.437. The standard InChI is InChI=1S/C6H15N3/c1-7-5-3-9-4-6(5)8-2/h5-9H,3-4H2,1-2H3/t5-,6-/m0/s1. The fraction of sp³-hybridized carbons (Fsp3) is 1.00. The molecule has 9 heavy (non-hydrogen) atoms. The first-order valence-corrected chi connectivity index (χ1v) is 3.43. The lowest BCUT2D eigenvalue weighted by atomic mass is 10.2. The summed E-state index contributed by atoms with van der Waals surface area (Å²) in [6.07, 6.45) is 0. The summed E-state index contributed by atoms with van der Waals surface area (Å²) in [6, 6.07) is 1.21. The number of hydrogen-bond acceptors (Lipinski definition) is 3. The van der Waals surface area contributed by atoms with Crippen LogP contribution >= 0.6 is 0 Å². The van der Waals surface area contributed by atoms with Crippen LogP contribution in [0.2, 0.25) is 0 Å². The molecule has 0 unspecified atom stereocenters. The van der Waals surface area contributed by atoms with Crippen LogP contribution in [0, 0.1) is 0 Å². The predicted octanol–water partition coefficient (Wildman–Crippen LogP) is -1.23. The van der Waals surface area contributed by atoms with Gasteiger partial charge in [-0.05, 0) is 14.1 Å². The predicted molar refractivity (Wildman–Crippen MR) is 38.6 cm³/mol. The van der Waals surface area contributed by atoms with Gasteiger partial charge in [0.15, 0.2) is 0 Å². The van der Waals surface area contributed by atoms with Crippen molar-refractivity contribution in [3.63, 3.8) is 0 Å². The van der Waals surface area contributed by atoms with E-state index in [4.69, 9.17) is 0 Å². The molecule has 1 saturated heterocycles. The topological polar surface area (TPSA) is 36.1 Å². The van der Waals surface area contributed by atoms with Crippen LogP contribution in [0.1, 0.15) is 0 Å². The first kappa shape index (κ1) is 6.99. The molecule has 54 valence electrons. The van der Waals surface area contributed by atoms with E-state index in [2.05, 4.69) is 16.0 Å². The molecule has 0 spiro atoms. The van der Waals surface area contributed by atoms with Gasteiger partial charge in [0.05, 0.1) is 0 Å². The highest BCUT2D eigenvalue weighted by molar-refractivity contribution is 4.89. The monoisotopic (exact) mass is 129 g/mol. The van der Waals surface area contributed by atoms with Crippen molar-refractivity contribution >= 4 is 0 Å². The van der Waals surface area contributed by atoms with Crippen LogP contribution in [0.3, 0.4) is 0 Å². The van der Waals surface area contributed by atoms with Gasteiger partial charge in [0, 0.05) is 25.2 Å². The van der Waals surface area contributed by atoms with Gasteiger partial charge in [-0.2, -0.15) is 0 Å². The third-order valence-electron chi connectivity index (χ3n) is 1.96. The molecule has 0 saturated carbocycles. The first-order valence-electron chi connectivity index (χ1n) is 3.43. The van der Waals surface area contributed by atoms with Crippen LogP contribution in [0.15, 0.2) is 0 Å². The molecule has 1 aliphatic rings. The van der Waals surface area contributed by atoms with E-state index in [0.717, 1.165) is 13.1 Å². The Kier molecular flexibility index (Phi) is 2.45. The molecule has 2 atom stereocenters. The lowest BCUT2D eigenvalue weighted by Gasteiger charge is -2.15. The largest absolute Gasteiger partial charge is 0.314 e. The van der Waals surface area contributed by atoms with Crippen molar-refractivity contribution < 1.29 is 0 Å². The van der Waals surface area contributed by atoms with Crippen molar-refractivity contribution in [1.82, 2.24) is 16.0 Å². The van der Waals surface area contributed by atoms with E-state index >= 15 is 0 Å². The van der Waals surface area contributed by atoms with Gasteiger partial charge in [0.2, 0.25) is 0 Å². The molecule has 1 fully saturated rings. The summed E-state index contributed by atoms with van der Waals surface area (Å²) >= 11 is 0. The molecule has 1 aliphatic heterocycles. The SMILES string of the molecule is CN[C@H]1CNC[C@@H]1NC. The van der Waals surface area contributed by atoms with Gasteiger partial charge in [-0.3, -0.25) is 0 Å². The zero-order chi connectivity index (χ0) is 6.69. The summed E-state index contributed by atoms with van der Waals surface area (Å²) in [5.41, 5.74) is 0. The molecular formula is C6H15N3. The van der Waals surface area contributed by atoms with Crippen molar-refractivity contribution in [2.75, 3.05) is 27.2 Å². The van der Waals surface area contributed by atoms with Crippen LogP contribution in [0.25, 0.3) is 0 Å². The summed E-state index contributed by atoms with van der Waals surface area (Å²) in [4.78, 5) is 0. The highest BCUT2D eigenvalue weighted by atomic mass is 15.1. The van der Waals surface area contributed by atoms with Gasteiger partial charge in [0.1, 0.15) is 0 Å². The fourth-order valence-corrected chi connectivity index (χ4v) is 1.29. The Morgan fingerprint density at radius 2 is 1.56 bits per heavy atom. The molecule has 0 aromatic heterocycles. The second kappa shape index (κ2) is 3.15. The van der Waals surface area contributed by atoms with Crippen LogP contribution in [-0.2, 0) is 0 Å². The van der Waals surface area contributed by atoms with E-state index in [9.17, 15) is 0 Å². The van der Waals surface area contributed by atoms with Crippen molar-refractivity contribution in [2.24, 2.45) is 0 Å². The summed E-state index contributed by atoms with van der Waals surface area (Å²) in [6.45, 7) is 2.17. The van der Waals surface area contributed by atoms with E-state index in [1.165, 1.54) is 0 Å². The average molecular weight is 129 g/mol. The van der Waals surface area contributed by atoms with Crippen molar-refractivity contribution in [1.29, 1.82) is 0 Å². The van der Waals surface area contributed by atoms with Gasteiger partial charge in [-0.15, -0.1) is 0 Å². The molecule has 0 bridgehead atoms. The second-order valence-electron chi connectivity index (χ2n) is 2.45. The lowest BCUT2D eigenvalue weighted by molar-refractivity contribution is 0.488. The van der Waals surface area contributed by atoms with Gasteiger partial charge in [-0.1, -0.05) is 0 Å². The lowest BCUT2D eigenvalue weighted by Crippen LogP contribution is -2.43. The zero-order valence-electron chi connectivity index (χ0n) is 6.07. The van der Waals surface area contributed by atoms with Gasteiger partial charge in [0.25, 0.3) is 0 Å². The highest BCUT2D eigenvalue weighted by Gasteiger charge is 2.22. The Labute approximate surface area is 56.2 Å². The maximum Gasteiger partial charge on any atom is 0.0356 e. The smallest absolute Gasteiger partial charge is 0.0356 e. The zero-order valence-corrected chi connectivity index (χ0v) is 6.07. The second-order valence-corrected chi connectivity index (χ2v) is 2.45. The van der Waals surface area contributed by atoms with Crippen LogP contribution in [0.5, 0.6) is 0 Å². The van der Waals surface area contributed by atoms with Crippen LogP contribution in [0.4, 0.5) is 0 Å². The Morgan fingerprint density at radius 3 is 1.89 bits per heavy atom. The minimum absolute atomic E-state index is 0.606. The van der Waals surface area contributed by atoms with Crippen LogP contribution < -0.4 is 16.0 Å². The van der Waals surface area contributed by atoms with E-state index in [0.29, 0.717) is 12.1 Å². The maximum atomic E-state index is 3.30. The minimum Gasteiger partial charge on any atom is -0.314 e. The third-order valence-corrected chi connectivity index (χ3v) is 1.96. The Bertz CT molecular complexity index is 74.4. The summed E-state index contributed by atoms with van der Waals surface area (Å²) in [7, 11) is 4.00. The summed E-state index contributed by atoms with van der Waals surface area (Å²) in [5, 5.41) is 9.78. The normalized spacial score (nSPS) is 35.3. The fourth-order valence-electron chi connectivity index (χ4n) is 1.29. The molecule has 3 N–H and O–H groups in total. The molecule has 0 aromatic carbocycles. The molecule has 1 heterocycles. The van der Waals surface area contributed by atoms with E-state index in [1.807, 2.05) is 14.1 Å². The number of likely N-dealkylation sites (N-methyl/N-ethyl adjacent to an activating group) is 2. The van der Waals surface area contributed by atoms with Crippen molar-refractivity contribution in [3.8, 4) is 0 Å². The molecule has 0 radical (unpaired) electrons. The molecule has 1 rings (SSSR count).